The summed E-state index contributed by atoms with van der Waals surface area (Å²) in [5, 5.41) is 6.10. The van der Waals surface area contributed by atoms with Crippen LogP contribution in [0.1, 0.15) is 52.5 Å². The van der Waals surface area contributed by atoms with Crippen molar-refractivity contribution in [3.05, 3.63) is 77.8 Å². The van der Waals surface area contributed by atoms with Crippen LogP contribution in [0.2, 0.25) is 0 Å². The molecule has 5 heteroatoms. The molecule has 0 atom stereocenters. The van der Waals surface area contributed by atoms with Crippen LogP contribution >= 0.6 is 0 Å². The highest BCUT2D eigenvalue weighted by atomic mass is 16.2. The number of aliphatic imine (C=N–C) groups is 1. The molecule has 0 bridgehead atoms. The van der Waals surface area contributed by atoms with Gasteiger partial charge in [-0.3, -0.25) is 9.79 Å². The zero-order chi connectivity index (χ0) is 22.4. The standard InChI is InChI=1S/C25H36N4O/c1-6-12-22(18-27-17-7-2)29-24(8-3)25(30)28-20(5)23(26)16-15-19(4)21-13-10-9-11-14-21/h8-11,13-16,27H,5-7,12,17-18,26H2,1-4H3,(H,28,30)/b19-15+,23-16+,24-8-,29-22?. The van der Waals surface area contributed by atoms with Gasteiger partial charge >= 0.3 is 0 Å². The lowest BCUT2D eigenvalue weighted by molar-refractivity contribution is -0.116. The number of nitrogens with one attached hydrogen (secondary N) is 2. The lowest BCUT2D eigenvalue weighted by Crippen LogP contribution is -2.28. The van der Waals surface area contributed by atoms with Crippen LogP contribution in [-0.4, -0.2) is 24.7 Å². The molecule has 0 aliphatic carbocycles. The van der Waals surface area contributed by atoms with Crippen molar-refractivity contribution in [2.24, 2.45) is 10.7 Å². The molecule has 0 heterocycles. The minimum atomic E-state index is -0.313. The second-order valence-corrected chi connectivity index (χ2v) is 7.05. The van der Waals surface area contributed by atoms with Crippen molar-refractivity contribution in [2.45, 2.75) is 47.0 Å². The number of allylic oxidation sites excluding steroid dienone is 4. The molecule has 0 saturated carbocycles. The van der Waals surface area contributed by atoms with Gasteiger partial charge in [0.2, 0.25) is 0 Å². The quantitative estimate of drug-likeness (QED) is 0.203. The lowest BCUT2D eigenvalue weighted by atomic mass is 10.1. The van der Waals surface area contributed by atoms with E-state index in [9.17, 15) is 4.79 Å². The summed E-state index contributed by atoms with van der Waals surface area (Å²) in [4.78, 5) is 17.2. The van der Waals surface area contributed by atoms with E-state index in [0.29, 0.717) is 23.6 Å². The maximum Gasteiger partial charge on any atom is 0.273 e. The Bertz CT molecular complexity index is 817. The molecule has 0 fully saturated rings. The summed E-state index contributed by atoms with van der Waals surface area (Å²) in [7, 11) is 0. The van der Waals surface area contributed by atoms with Crippen molar-refractivity contribution in [1.82, 2.24) is 10.6 Å². The van der Waals surface area contributed by atoms with E-state index in [1.807, 2.05) is 43.3 Å². The second kappa shape index (κ2) is 14.1. The second-order valence-electron chi connectivity index (χ2n) is 7.05. The van der Waals surface area contributed by atoms with Gasteiger partial charge in [0.25, 0.3) is 5.91 Å². The van der Waals surface area contributed by atoms with Gasteiger partial charge in [-0.1, -0.05) is 69.3 Å². The van der Waals surface area contributed by atoms with E-state index in [-0.39, 0.29) is 5.91 Å². The Balaban J connectivity index is 2.82. The van der Waals surface area contributed by atoms with Crippen LogP contribution in [0, 0.1) is 0 Å². The Hall–Kier alpha value is -2.92. The van der Waals surface area contributed by atoms with Gasteiger partial charge in [0.05, 0.1) is 11.4 Å². The van der Waals surface area contributed by atoms with E-state index in [1.54, 1.807) is 19.1 Å². The minimum absolute atomic E-state index is 0.313. The first-order valence-electron chi connectivity index (χ1n) is 10.6. The van der Waals surface area contributed by atoms with Gasteiger partial charge in [-0.25, -0.2) is 0 Å². The summed E-state index contributed by atoms with van der Waals surface area (Å²) in [5.74, 6) is -0.313. The van der Waals surface area contributed by atoms with E-state index < -0.39 is 0 Å². The third-order valence-corrected chi connectivity index (χ3v) is 4.43. The first-order chi connectivity index (χ1) is 14.4. The van der Waals surface area contributed by atoms with E-state index in [4.69, 9.17) is 5.73 Å². The fourth-order valence-electron chi connectivity index (χ4n) is 2.68. The summed E-state index contributed by atoms with van der Waals surface area (Å²) < 4.78 is 0. The van der Waals surface area contributed by atoms with E-state index in [1.165, 1.54) is 0 Å². The fourth-order valence-corrected chi connectivity index (χ4v) is 2.68. The van der Waals surface area contributed by atoms with Gasteiger partial charge in [-0.2, -0.15) is 0 Å². The van der Waals surface area contributed by atoms with Crippen LogP contribution in [0.15, 0.2) is 77.2 Å². The van der Waals surface area contributed by atoms with Crippen LogP contribution in [0.25, 0.3) is 5.57 Å². The van der Waals surface area contributed by atoms with Crippen LogP contribution in [-0.2, 0) is 4.79 Å². The number of nitrogens with zero attached hydrogens (tertiary/aromatic N) is 1. The maximum absolute atomic E-state index is 12.7. The Morgan fingerprint density at radius 2 is 1.87 bits per heavy atom. The molecule has 1 aromatic rings. The molecule has 5 nitrogen and oxygen atoms in total. The molecule has 0 unspecified atom stereocenters. The van der Waals surface area contributed by atoms with Crippen molar-refractivity contribution in [3.63, 3.8) is 0 Å². The number of amides is 1. The number of nitrogens with two attached hydrogens (primary N) is 1. The zero-order valence-corrected chi connectivity index (χ0v) is 18.8. The molecule has 30 heavy (non-hydrogen) atoms. The summed E-state index contributed by atoms with van der Waals surface area (Å²) in [6.45, 7) is 13.5. The maximum atomic E-state index is 12.7. The zero-order valence-electron chi connectivity index (χ0n) is 18.8. The van der Waals surface area contributed by atoms with Crippen LogP contribution in [0.5, 0.6) is 0 Å². The van der Waals surface area contributed by atoms with Crippen molar-refractivity contribution in [2.75, 3.05) is 13.1 Å². The Kier molecular flexibility index (Phi) is 11.8. The molecule has 1 aromatic carbocycles. The molecule has 162 valence electrons. The molecule has 1 amide bonds. The summed E-state index contributed by atoms with van der Waals surface area (Å²) in [5.41, 5.74) is 10.4. The molecule has 0 aliphatic rings. The van der Waals surface area contributed by atoms with Gasteiger partial charge in [-0.05, 0) is 50.4 Å². The van der Waals surface area contributed by atoms with E-state index >= 15 is 0 Å². The predicted octanol–water partition coefficient (Wildman–Crippen LogP) is 4.71. The molecule has 0 aliphatic heterocycles. The number of carbonyl (C=O) groups excluding carboxylic acids is 1. The van der Waals surface area contributed by atoms with Gasteiger partial charge in [0, 0.05) is 12.3 Å². The molecule has 4 N–H and O–H groups in total. The number of benzene rings is 1. The van der Waals surface area contributed by atoms with Crippen molar-refractivity contribution < 1.29 is 4.79 Å². The normalized spacial score (nSPS) is 13.3. The molecule has 0 aromatic heterocycles. The third-order valence-electron chi connectivity index (χ3n) is 4.43. The van der Waals surface area contributed by atoms with Gasteiger partial charge in [0.1, 0.15) is 5.70 Å². The number of hydrogen-bond acceptors (Lipinski definition) is 4. The fraction of sp³-hybridized carbons (Fsp3) is 0.360. The first kappa shape index (κ1) is 25.1. The summed E-state index contributed by atoms with van der Waals surface area (Å²) in [6, 6.07) is 10.0. The average molecular weight is 409 g/mol. The number of rotatable bonds is 12. The van der Waals surface area contributed by atoms with Crippen LogP contribution < -0.4 is 16.4 Å². The molecular weight excluding hydrogens is 372 g/mol. The van der Waals surface area contributed by atoms with Gasteiger partial charge in [0.15, 0.2) is 0 Å². The molecule has 0 spiro atoms. The molecule has 1 rings (SSSR count). The number of hydrogen-bond donors (Lipinski definition) is 3. The molecule has 0 saturated heterocycles. The van der Waals surface area contributed by atoms with Gasteiger partial charge in [-0.15, -0.1) is 0 Å². The lowest BCUT2D eigenvalue weighted by Gasteiger charge is -2.11. The smallest absolute Gasteiger partial charge is 0.273 e. The Morgan fingerprint density at radius 1 is 1.17 bits per heavy atom. The minimum Gasteiger partial charge on any atom is -0.397 e. The monoisotopic (exact) mass is 408 g/mol. The highest BCUT2D eigenvalue weighted by molar-refractivity contribution is 5.98. The Morgan fingerprint density at radius 3 is 2.47 bits per heavy atom. The predicted molar refractivity (Wildman–Crippen MR) is 129 cm³/mol. The van der Waals surface area contributed by atoms with E-state index in [0.717, 1.165) is 42.7 Å². The van der Waals surface area contributed by atoms with Crippen molar-refractivity contribution >= 4 is 17.2 Å². The van der Waals surface area contributed by atoms with Crippen molar-refractivity contribution in [3.8, 4) is 0 Å². The SMILES string of the molecule is C=C(NC(=O)/C(=C/C)N=C(CCC)CNCCC)/C(N)=C\C=C(/C)c1ccccc1. The topological polar surface area (TPSA) is 79.5 Å². The third kappa shape index (κ3) is 9.05. The highest BCUT2D eigenvalue weighted by Gasteiger charge is 2.11. The summed E-state index contributed by atoms with van der Waals surface area (Å²) >= 11 is 0. The number of carbonyl (C=O) groups is 1. The van der Waals surface area contributed by atoms with E-state index in [2.05, 4.69) is 36.1 Å². The van der Waals surface area contributed by atoms with Gasteiger partial charge < -0.3 is 16.4 Å². The summed E-state index contributed by atoms with van der Waals surface area (Å²) in [6.07, 6.45) is 8.24. The van der Waals surface area contributed by atoms with Crippen LogP contribution in [0.3, 0.4) is 0 Å². The Labute approximate surface area is 181 Å². The van der Waals surface area contributed by atoms with Crippen molar-refractivity contribution in [1.29, 1.82) is 0 Å². The average Bonchev–Trinajstić information content (AvgIpc) is 2.75. The first-order valence-corrected chi connectivity index (χ1v) is 10.6. The largest absolute Gasteiger partial charge is 0.397 e. The highest BCUT2D eigenvalue weighted by Crippen LogP contribution is 2.13. The molecular formula is C25H36N4O. The molecule has 0 radical (unpaired) electrons. The van der Waals surface area contributed by atoms with Crippen LogP contribution in [0.4, 0.5) is 0 Å².